The summed E-state index contributed by atoms with van der Waals surface area (Å²) < 4.78 is 0. The van der Waals surface area contributed by atoms with Gasteiger partial charge in [0.1, 0.15) is 12.0 Å². The van der Waals surface area contributed by atoms with Crippen LogP contribution >= 0.6 is 0 Å². The lowest BCUT2D eigenvalue weighted by Gasteiger charge is -2.24. The lowest BCUT2D eigenvalue weighted by molar-refractivity contribution is 0.112. The van der Waals surface area contributed by atoms with Gasteiger partial charge in [-0.1, -0.05) is 64.1 Å². The molecular formula is C22H27NO2. The van der Waals surface area contributed by atoms with E-state index in [2.05, 4.69) is 39.1 Å². The standard InChI is InChI=1S/C22H27NO2/c1-15(2)21(23-16(3)4)13-19(18-8-6-5-7-9-18)20-12-17(14-24)10-11-22(20)25/h5-16,21,23,25H,1-4H3. The van der Waals surface area contributed by atoms with E-state index in [9.17, 15) is 9.90 Å². The van der Waals surface area contributed by atoms with Crippen molar-refractivity contribution in [3.05, 3.63) is 71.3 Å². The van der Waals surface area contributed by atoms with Gasteiger partial charge in [-0.15, -0.1) is 0 Å². The third-order valence-electron chi connectivity index (χ3n) is 4.12. The maximum absolute atomic E-state index is 11.2. The minimum absolute atomic E-state index is 0.148. The summed E-state index contributed by atoms with van der Waals surface area (Å²) in [4.78, 5) is 11.2. The number of carbonyl (C=O) groups excluding carboxylic acids is 1. The van der Waals surface area contributed by atoms with Crippen molar-refractivity contribution in [1.29, 1.82) is 0 Å². The van der Waals surface area contributed by atoms with Gasteiger partial charge >= 0.3 is 0 Å². The molecule has 0 aliphatic rings. The molecule has 0 saturated heterocycles. The molecule has 0 radical (unpaired) electrons. The lowest BCUT2D eigenvalue weighted by Crippen LogP contribution is -2.37. The molecule has 1 unspecified atom stereocenters. The molecule has 0 aliphatic carbocycles. The first-order valence-corrected chi connectivity index (χ1v) is 8.74. The van der Waals surface area contributed by atoms with Gasteiger partial charge in [0.25, 0.3) is 0 Å². The van der Waals surface area contributed by atoms with E-state index in [1.54, 1.807) is 18.2 Å². The molecule has 0 bridgehead atoms. The van der Waals surface area contributed by atoms with Crippen LogP contribution in [0.3, 0.4) is 0 Å². The fourth-order valence-corrected chi connectivity index (χ4v) is 2.80. The van der Waals surface area contributed by atoms with Gasteiger partial charge in [0.05, 0.1) is 0 Å². The number of rotatable bonds is 7. The van der Waals surface area contributed by atoms with E-state index in [4.69, 9.17) is 0 Å². The fraction of sp³-hybridized carbons (Fsp3) is 0.318. The van der Waals surface area contributed by atoms with Crippen LogP contribution in [0, 0.1) is 5.92 Å². The van der Waals surface area contributed by atoms with Crippen LogP contribution in [0.15, 0.2) is 54.6 Å². The number of carbonyl (C=O) groups is 1. The summed E-state index contributed by atoms with van der Waals surface area (Å²) in [7, 11) is 0. The molecule has 132 valence electrons. The Balaban J connectivity index is 2.62. The average molecular weight is 337 g/mol. The van der Waals surface area contributed by atoms with Crippen molar-refractivity contribution in [3.8, 4) is 5.75 Å². The third kappa shape index (κ3) is 5.04. The van der Waals surface area contributed by atoms with Gasteiger partial charge < -0.3 is 10.4 Å². The highest BCUT2D eigenvalue weighted by atomic mass is 16.3. The Morgan fingerprint density at radius 3 is 2.28 bits per heavy atom. The van der Waals surface area contributed by atoms with Crippen LogP contribution in [-0.4, -0.2) is 23.5 Å². The minimum atomic E-state index is 0.148. The first kappa shape index (κ1) is 18.9. The average Bonchev–Trinajstić information content (AvgIpc) is 2.59. The molecule has 2 N–H and O–H groups in total. The number of aromatic hydroxyl groups is 1. The molecule has 0 spiro atoms. The second-order valence-corrected chi connectivity index (χ2v) is 6.93. The van der Waals surface area contributed by atoms with E-state index < -0.39 is 0 Å². The smallest absolute Gasteiger partial charge is 0.150 e. The highest BCUT2D eigenvalue weighted by molar-refractivity contribution is 5.86. The molecule has 3 nitrogen and oxygen atoms in total. The fourth-order valence-electron chi connectivity index (χ4n) is 2.80. The van der Waals surface area contributed by atoms with Crippen molar-refractivity contribution in [3.63, 3.8) is 0 Å². The van der Waals surface area contributed by atoms with E-state index in [0.717, 1.165) is 17.4 Å². The van der Waals surface area contributed by atoms with Gasteiger partial charge in [-0.25, -0.2) is 0 Å². The molecule has 0 aromatic heterocycles. The van der Waals surface area contributed by atoms with Crippen LogP contribution in [0.2, 0.25) is 0 Å². The predicted octanol–water partition coefficient (Wildman–Crippen LogP) is 4.66. The second-order valence-electron chi connectivity index (χ2n) is 6.93. The van der Waals surface area contributed by atoms with Crippen molar-refractivity contribution in [2.45, 2.75) is 39.8 Å². The monoisotopic (exact) mass is 337 g/mol. The zero-order valence-electron chi connectivity index (χ0n) is 15.4. The van der Waals surface area contributed by atoms with Crippen LogP contribution in [0.25, 0.3) is 5.57 Å². The summed E-state index contributed by atoms with van der Waals surface area (Å²) in [5, 5.41) is 14.0. The highest BCUT2D eigenvalue weighted by Gasteiger charge is 2.17. The molecule has 0 amide bonds. The Morgan fingerprint density at radius 1 is 1.04 bits per heavy atom. The molecule has 3 heteroatoms. The predicted molar refractivity (Wildman–Crippen MR) is 104 cm³/mol. The first-order valence-electron chi connectivity index (χ1n) is 8.74. The van der Waals surface area contributed by atoms with Gasteiger partial charge in [-0.2, -0.15) is 0 Å². The van der Waals surface area contributed by atoms with Crippen molar-refractivity contribution in [2.75, 3.05) is 0 Å². The molecular weight excluding hydrogens is 310 g/mol. The Morgan fingerprint density at radius 2 is 1.72 bits per heavy atom. The van der Waals surface area contributed by atoms with Crippen LogP contribution in [0.5, 0.6) is 5.75 Å². The van der Waals surface area contributed by atoms with Crippen molar-refractivity contribution in [1.82, 2.24) is 5.32 Å². The Hall–Kier alpha value is -2.39. The molecule has 25 heavy (non-hydrogen) atoms. The number of phenols is 1. The van der Waals surface area contributed by atoms with Crippen molar-refractivity contribution < 1.29 is 9.90 Å². The van der Waals surface area contributed by atoms with E-state index in [0.29, 0.717) is 23.1 Å². The van der Waals surface area contributed by atoms with Crippen LogP contribution < -0.4 is 5.32 Å². The summed E-state index contributed by atoms with van der Waals surface area (Å²) in [5.74, 6) is 0.560. The topological polar surface area (TPSA) is 49.3 Å². The summed E-state index contributed by atoms with van der Waals surface area (Å²) in [6.07, 6.45) is 2.96. The molecule has 2 aromatic rings. The van der Waals surface area contributed by atoms with Crippen LogP contribution in [-0.2, 0) is 0 Å². The van der Waals surface area contributed by atoms with Crippen molar-refractivity contribution in [2.24, 2.45) is 5.92 Å². The van der Waals surface area contributed by atoms with E-state index in [1.165, 1.54) is 0 Å². The summed E-state index contributed by atoms with van der Waals surface area (Å²) >= 11 is 0. The van der Waals surface area contributed by atoms with Gasteiger partial charge in [0.15, 0.2) is 0 Å². The minimum Gasteiger partial charge on any atom is -0.507 e. The Bertz CT molecular complexity index is 733. The summed E-state index contributed by atoms with van der Waals surface area (Å²) in [5.41, 5.74) is 3.16. The van der Waals surface area contributed by atoms with Gasteiger partial charge in [-0.3, -0.25) is 4.79 Å². The summed E-state index contributed by atoms with van der Waals surface area (Å²) in [6.45, 7) is 8.58. The molecule has 2 rings (SSSR count). The number of phenolic OH excluding ortho intramolecular Hbond substituents is 1. The largest absolute Gasteiger partial charge is 0.507 e. The van der Waals surface area contributed by atoms with Gasteiger partial charge in [0.2, 0.25) is 0 Å². The SMILES string of the molecule is CC(C)NC(C=C(c1ccccc1)c1cc(C=O)ccc1O)C(C)C. The number of hydrogen-bond donors (Lipinski definition) is 2. The molecule has 1 atom stereocenters. The van der Waals surface area contributed by atoms with E-state index in [-0.39, 0.29) is 11.8 Å². The summed E-state index contributed by atoms with van der Waals surface area (Å²) in [6, 6.07) is 15.4. The van der Waals surface area contributed by atoms with Gasteiger partial charge in [0, 0.05) is 23.2 Å². The quantitative estimate of drug-likeness (QED) is 0.723. The molecule has 0 saturated carbocycles. The molecule has 2 aromatic carbocycles. The maximum atomic E-state index is 11.2. The van der Waals surface area contributed by atoms with Crippen molar-refractivity contribution >= 4 is 11.9 Å². The third-order valence-corrected chi connectivity index (χ3v) is 4.12. The molecule has 0 fully saturated rings. The first-order chi connectivity index (χ1) is 11.9. The molecule has 0 aliphatic heterocycles. The van der Waals surface area contributed by atoms with Crippen LogP contribution in [0.4, 0.5) is 0 Å². The lowest BCUT2D eigenvalue weighted by atomic mass is 9.91. The van der Waals surface area contributed by atoms with E-state index in [1.807, 2.05) is 30.3 Å². The number of benzene rings is 2. The Kier molecular flexibility index (Phi) is 6.54. The zero-order chi connectivity index (χ0) is 18.4. The number of hydrogen-bond acceptors (Lipinski definition) is 3. The highest BCUT2D eigenvalue weighted by Crippen LogP contribution is 2.32. The maximum Gasteiger partial charge on any atom is 0.150 e. The normalized spacial score (nSPS) is 13.3. The molecule has 0 heterocycles. The Labute approximate surface area is 150 Å². The second kappa shape index (κ2) is 8.63. The van der Waals surface area contributed by atoms with Gasteiger partial charge in [-0.05, 0) is 35.3 Å². The zero-order valence-corrected chi connectivity index (χ0v) is 15.4. The van der Waals surface area contributed by atoms with E-state index >= 15 is 0 Å². The number of nitrogens with one attached hydrogen (secondary N) is 1. The van der Waals surface area contributed by atoms with Crippen LogP contribution in [0.1, 0.15) is 49.2 Å². The number of aldehydes is 1.